The highest BCUT2D eigenvalue weighted by atomic mass is 16.6. The summed E-state index contributed by atoms with van der Waals surface area (Å²) >= 11 is 0. The molecule has 0 heterocycles. The Balaban J connectivity index is 1.68. The van der Waals surface area contributed by atoms with Crippen LogP contribution in [-0.2, 0) is 33.4 Å². The summed E-state index contributed by atoms with van der Waals surface area (Å²) in [5.74, 6) is 0.591. The van der Waals surface area contributed by atoms with Crippen molar-refractivity contribution in [2.75, 3.05) is 0 Å². The van der Waals surface area contributed by atoms with Gasteiger partial charge in [-0.05, 0) is 85.9 Å². The maximum atomic E-state index is 11.7. The molecule has 8 nitrogen and oxygen atoms in total. The molecule has 4 aliphatic carbocycles. The van der Waals surface area contributed by atoms with E-state index in [0.29, 0.717) is 55.9 Å². The van der Waals surface area contributed by atoms with Crippen molar-refractivity contribution >= 4 is 25.4 Å². The number of carboxylic acids is 1. The fourth-order valence-corrected chi connectivity index (χ4v) is 9.37. The Morgan fingerprint density at radius 1 is 0.886 bits per heavy atom. The maximum absolute atomic E-state index is 11.7. The van der Waals surface area contributed by atoms with Gasteiger partial charge in [-0.25, -0.2) is 0 Å². The standard InChI is InChI=1S/C27H40O8/c1-16(4-7-22(31)32)18-5-6-19-23-20(9-11-26(18,19)2)27(3)10-8-17(33-13-28)12-21(27)24(34-14-29)25(23)35-15-30/h13-21,23-25H,4-12H2,1-3H3,(H,31,32)/t16-,17-,18-,19+,20+,21+,23+,24+,25+,26-,27-/m1/s1. The summed E-state index contributed by atoms with van der Waals surface area (Å²) < 4.78 is 16.8. The highest BCUT2D eigenvalue weighted by Crippen LogP contribution is 2.69. The normalized spacial score (nSPS) is 45.1. The van der Waals surface area contributed by atoms with E-state index in [4.69, 9.17) is 14.2 Å². The zero-order chi connectivity index (χ0) is 25.4. The first-order valence-corrected chi connectivity index (χ1v) is 13.2. The summed E-state index contributed by atoms with van der Waals surface area (Å²) in [7, 11) is 0. The second-order valence-corrected chi connectivity index (χ2v) is 12.1. The van der Waals surface area contributed by atoms with Gasteiger partial charge >= 0.3 is 5.97 Å². The van der Waals surface area contributed by atoms with Crippen molar-refractivity contribution in [3.63, 3.8) is 0 Å². The third-order valence-corrected chi connectivity index (χ3v) is 10.9. The lowest BCUT2D eigenvalue weighted by Gasteiger charge is -2.64. The minimum absolute atomic E-state index is 0.0241. The minimum atomic E-state index is -0.756. The van der Waals surface area contributed by atoms with E-state index in [0.717, 1.165) is 38.5 Å². The molecule has 8 heteroatoms. The predicted octanol–water partition coefficient (Wildman–Crippen LogP) is 3.99. The summed E-state index contributed by atoms with van der Waals surface area (Å²) in [6, 6.07) is 0. The van der Waals surface area contributed by atoms with Crippen molar-refractivity contribution in [1.82, 2.24) is 0 Å². The average molecular weight is 493 g/mol. The van der Waals surface area contributed by atoms with Crippen molar-refractivity contribution in [3.8, 4) is 0 Å². The lowest BCUT2D eigenvalue weighted by atomic mass is 9.43. The number of ether oxygens (including phenoxy) is 3. The molecule has 0 bridgehead atoms. The molecule has 0 aromatic rings. The van der Waals surface area contributed by atoms with Crippen molar-refractivity contribution < 1.29 is 38.5 Å². The van der Waals surface area contributed by atoms with Crippen LogP contribution >= 0.6 is 0 Å². The summed E-state index contributed by atoms with van der Waals surface area (Å²) in [6.07, 6.45) is 5.84. The molecule has 4 rings (SSSR count). The van der Waals surface area contributed by atoms with Crippen LogP contribution in [0.2, 0.25) is 0 Å². The van der Waals surface area contributed by atoms with E-state index < -0.39 is 18.2 Å². The topological polar surface area (TPSA) is 116 Å². The number of carbonyl (C=O) groups is 4. The molecule has 196 valence electrons. The summed E-state index contributed by atoms with van der Waals surface area (Å²) in [6.45, 7) is 8.25. The summed E-state index contributed by atoms with van der Waals surface area (Å²) in [5.41, 5.74) is -0.0888. The van der Waals surface area contributed by atoms with Crippen LogP contribution in [0, 0.1) is 46.3 Å². The Morgan fingerprint density at radius 2 is 1.51 bits per heavy atom. The molecule has 0 aliphatic heterocycles. The smallest absolute Gasteiger partial charge is 0.303 e. The summed E-state index contributed by atoms with van der Waals surface area (Å²) in [4.78, 5) is 45.6. The van der Waals surface area contributed by atoms with Gasteiger partial charge in [0.15, 0.2) is 0 Å². The molecule has 0 amide bonds. The molecule has 0 radical (unpaired) electrons. The Hall–Kier alpha value is -2.12. The van der Waals surface area contributed by atoms with Crippen molar-refractivity contribution in [2.24, 2.45) is 46.3 Å². The molecule has 4 saturated carbocycles. The van der Waals surface area contributed by atoms with Gasteiger partial charge in [-0.2, -0.15) is 0 Å². The SMILES string of the molecule is C[C@H](CCC(=O)O)[C@H]1CC[C@H]2[C@@H]3[C@H](OC=O)[C@@H](OC=O)[C@@H]4C[C@H](OC=O)CC[C@]4(C)[C@H]3CC[C@]12C. The second-order valence-electron chi connectivity index (χ2n) is 12.1. The Morgan fingerprint density at radius 3 is 2.17 bits per heavy atom. The van der Waals surface area contributed by atoms with Crippen LogP contribution in [0.4, 0.5) is 0 Å². The third kappa shape index (κ3) is 4.35. The zero-order valence-corrected chi connectivity index (χ0v) is 21.1. The number of carboxylic acid groups (broad SMARTS) is 1. The molecule has 0 spiro atoms. The molecule has 0 saturated heterocycles. The van der Waals surface area contributed by atoms with Gasteiger partial charge in [0.05, 0.1) is 0 Å². The van der Waals surface area contributed by atoms with Crippen LogP contribution in [0.25, 0.3) is 0 Å². The zero-order valence-electron chi connectivity index (χ0n) is 21.1. The van der Waals surface area contributed by atoms with Crippen LogP contribution in [0.3, 0.4) is 0 Å². The predicted molar refractivity (Wildman–Crippen MR) is 125 cm³/mol. The molecular formula is C27H40O8. The summed E-state index contributed by atoms with van der Waals surface area (Å²) in [5, 5.41) is 9.20. The van der Waals surface area contributed by atoms with Gasteiger partial charge in [0.25, 0.3) is 19.4 Å². The molecule has 4 aliphatic rings. The first-order valence-electron chi connectivity index (χ1n) is 13.2. The van der Waals surface area contributed by atoms with Gasteiger partial charge in [-0.15, -0.1) is 0 Å². The largest absolute Gasteiger partial charge is 0.481 e. The number of hydrogen-bond donors (Lipinski definition) is 1. The van der Waals surface area contributed by atoms with Gasteiger partial charge < -0.3 is 19.3 Å². The highest BCUT2D eigenvalue weighted by Gasteiger charge is 2.67. The van der Waals surface area contributed by atoms with Crippen LogP contribution in [0.15, 0.2) is 0 Å². The van der Waals surface area contributed by atoms with Gasteiger partial charge in [-0.3, -0.25) is 19.2 Å². The number of rotatable bonds is 10. The Kier molecular flexibility index (Phi) is 7.49. The van der Waals surface area contributed by atoms with E-state index in [1.54, 1.807) is 0 Å². The van der Waals surface area contributed by atoms with E-state index in [1.165, 1.54) is 0 Å². The second kappa shape index (κ2) is 10.1. The highest BCUT2D eigenvalue weighted by molar-refractivity contribution is 5.66. The Labute approximate surface area is 207 Å². The molecule has 11 atom stereocenters. The van der Waals surface area contributed by atoms with E-state index in [1.807, 2.05) is 0 Å². The lowest BCUT2D eigenvalue weighted by Crippen LogP contribution is -2.65. The van der Waals surface area contributed by atoms with Crippen LogP contribution in [0.1, 0.15) is 78.6 Å². The van der Waals surface area contributed by atoms with Crippen LogP contribution in [-0.4, -0.2) is 48.8 Å². The Bertz CT molecular complexity index is 815. The van der Waals surface area contributed by atoms with Gasteiger partial charge in [-0.1, -0.05) is 20.8 Å². The van der Waals surface area contributed by atoms with Gasteiger partial charge in [0.2, 0.25) is 0 Å². The quantitative estimate of drug-likeness (QED) is 0.359. The van der Waals surface area contributed by atoms with E-state index in [-0.39, 0.29) is 35.2 Å². The number of carbonyl (C=O) groups excluding carboxylic acids is 3. The first-order chi connectivity index (χ1) is 16.7. The fourth-order valence-electron chi connectivity index (χ4n) is 9.37. The maximum Gasteiger partial charge on any atom is 0.303 e. The molecule has 0 aromatic heterocycles. The van der Waals surface area contributed by atoms with E-state index in [2.05, 4.69) is 20.8 Å². The molecule has 0 aromatic carbocycles. The number of fused-ring (bicyclic) bond motifs is 5. The molecule has 35 heavy (non-hydrogen) atoms. The van der Waals surface area contributed by atoms with E-state index in [9.17, 15) is 24.3 Å². The molecular weight excluding hydrogens is 452 g/mol. The molecule has 0 unspecified atom stereocenters. The van der Waals surface area contributed by atoms with Crippen LogP contribution in [0.5, 0.6) is 0 Å². The van der Waals surface area contributed by atoms with Crippen molar-refractivity contribution in [1.29, 1.82) is 0 Å². The average Bonchev–Trinajstić information content (AvgIpc) is 3.17. The number of aliphatic carboxylic acids is 1. The molecule has 4 fully saturated rings. The third-order valence-electron chi connectivity index (χ3n) is 10.9. The fraction of sp³-hybridized carbons (Fsp3) is 0.852. The van der Waals surface area contributed by atoms with Crippen LogP contribution < -0.4 is 0 Å². The lowest BCUT2D eigenvalue weighted by molar-refractivity contribution is -0.235. The van der Waals surface area contributed by atoms with Gasteiger partial charge in [0, 0.05) is 18.3 Å². The number of hydrogen-bond acceptors (Lipinski definition) is 7. The van der Waals surface area contributed by atoms with Crippen molar-refractivity contribution in [2.45, 2.75) is 96.9 Å². The first kappa shape index (κ1) is 26.0. The van der Waals surface area contributed by atoms with E-state index >= 15 is 0 Å². The monoisotopic (exact) mass is 492 g/mol. The van der Waals surface area contributed by atoms with Gasteiger partial charge in [0.1, 0.15) is 18.3 Å². The van der Waals surface area contributed by atoms with Crippen molar-refractivity contribution in [3.05, 3.63) is 0 Å². The minimum Gasteiger partial charge on any atom is -0.481 e. The molecule has 1 N–H and O–H groups in total.